The molecule has 0 saturated carbocycles. The average Bonchev–Trinajstić information content (AvgIpc) is 2.39. The van der Waals surface area contributed by atoms with Gasteiger partial charge in [-0.05, 0) is 26.2 Å². The van der Waals surface area contributed by atoms with E-state index in [1.807, 2.05) is 6.92 Å². The van der Waals surface area contributed by atoms with E-state index in [0.29, 0.717) is 6.10 Å². The number of hydrogen-bond donors (Lipinski definition) is 2. The fourth-order valence-electron chi connectivity index (χ4n) is 1.35. The van der Waals surface area contributed by atoms with Crippen molar-refractivity contribution in [3.8, 4) is 0 Å². The van der Waals surface area contributed by atoms with Crippen LogP contribution in [0, 0.1) is 0 Å². The molecule has 11 heavy (non-hydrogen) atoms. The highest BCUT2D eigenvalue weighted by atomic mass is 16.5. The minimum Gasteiger partial charge on any atom is -0.378 e. The van der Waals surface area contributed by atoms with E-state index < -0.39 is 0 Å². The maximum absolute atomic E-state index is 5.79. The fraction of sp³-hybridized carbons (Fsp3) is 1.00. The lowest BCUT2D eigenvalue weighted by Gasteiger charge is -2.18. The van der Waals surface area contributed by atoms with Crippen LogP contribution < -0.4 is 11.5 Å². The summed E-state index contributed by atoms with van der Waals surface area (Å²) >= 11 is 0. The maximum atomic E-state index is 5.79. The van der Waals surface area contributed by atoms with E-state index in [-0.39, 0.29) is 12.1 Å². The van der Waals surface area contributed by atoms with Crippen LogP contribution in [0.25, 0.3) is 0 Å². The van der Waals surface area contributed by atoms with Crippen molar-refractivity contribution in [1.29, 1.82) is 0 Å². The van der Waals surface area contributed by atoms with E-state index in [1.165, 1.54) is 6.42 Å². The molecule has 0 radical (unpaired) electrons. The van der Waals surface area contributed by atoms with Gasteiger partial charge in [-0.3, -0.25) is 0 Å². The van der Waals surface area contributed by atoms with E-state index in [9.17, 15) is 0 Å². The van der Waals surface area contributed by atoms with Crippen LogP contribution in [0.1, 0.15) is 26.2 Å². The van der Waals surface area contributed by atoms with Crippen LogP contribution in [0.2, 0.25) is 0 Å². The molecule has 0 bridgehead atoms. The zero-order chi connectivity index (χ0) is 8.27. The van der Waals surface area contributed by atoms with Gasteiger partial charge in [0.25, 0.3) is 0 Å². The Kier molecular flexibility index (Phi) is 3.30. The fourth-order valence-corrected chi connectivity index (χ4v) is 1.35. The Morgan fingerprint density at radius 2 is 2.27 bits per heavy atom. The molecule has 0 spiro atoms. The molecule has 1 aliphatic heterocycles. The Balaban J connectivity index is 2.18. The molecule has 0 amide bonds. The second kappa shape index (κ2) is 4.04. The minimum atomic E-state index is 0.0826. The second-order valence-corrected chi connectivity index (χ2v) is 3.39. The van der Waals surface area contributed by atoms with Gasteiger partial charge in [-0.15, -0.1) is 0 Å². The molecule has 3 heteroatoms. The van der Waals surface area contributed by atoms with Crippen LogP contribution in [0.15, 0.2) is 0 Å². The molecule has 3 atom stereocenters. The number of rotatable bonds is 3. The summed E-state index contributed by atoms with van der Waals surface area (Å²) in [5.41, 5.74) is 11.4. The molecule has 1 saturated heterocycles. The third kappa shape index (κ3) is 2.77. The molecule has 0 aromatic carbocycles. The van der Waals surface area contributed by atoms with Crippen LogP contribution >= 0.6 is 0 Å². The van der Waals surface area contributed by atoms with Gasteiger partial charge in [0.2, 0.25) is 0 Å². The minimum absolute atomic E-state index is 0.0826. The predicted molar refractivity (Wildman–Crippen MR) is 45.2 cm³/mol. The van der Waals surface area contributed by atoms with Crippen molar-refractivity contribution in [2.24, 2.45) is 11.5 Å². The van der Waals surface area contributed by atoms with Gasteiger partial charge in [-0.2, -0.15) is 0 Å². The lowest BCUT2D eigenvalue weighted by molar-refractivity contribution is 0.0964. The first-order valence-electron chi connectivity index (χ1n) is 4.33. The van der Waals surface area contributed by atoms with Crippen molar-refractivity contribution in [3.05, 3.63) is 0 Å². The first kappa shape index (κ1) is 8.97. The Morgan fingerprint density at radius 1 is 1.55 bits per heavy atom. The van der Waals surface area contributed by atoms with E-state index in [4.69, 9.17) is 16.2 Å². The van der Waals surface area contributed by atoms with Crippen molar-refractivity contribution in [3.63, 3.8) is 0 Å². The summed E-state index contributed by atoms with van der Waals surface area (Å²) in [7, 11) is 0. The first-order valence-corrected chi connectivity index (χ1v) is 4.33. The molecule has 0 aliphatic carbocycles. The summed E-state index contributed by atoms with van der Waals surface area (Å²) in [6, 6.07) is 0.178. The van der Waals surface area contributed by atoms with Crippen molar-refractivity contribution in [2.45, 2.75) is 44.4 Å². The molecule has 4 N–H and O–H groups in total. The Hall–Kier alpha value is -0.120. The van der Waals surface area contributed by atoms with Gasteiger partial charge in [-0.1, -0.05) is 0 Å². The average molecular weight is 158 g/mol. The van der Waals surface area contributed by atoms with Gasteiger partial charge in [0.1, 0.15) is 0 Å². The Morgan fingerprint density at radius 3 is 2.73 bits per heavy atom. The Bertz CT molecular complexity index is 111. The first-order chi connectivity index (χ1) is 5.20. The molecule has 3 unspecified atom stereocenters. The van der Waals surface area contributed by atoms with Gasteiger partial charge >= 0.3 is 0 Å². The van der Waals surface area contributed by atoms with E-state index in [2.05, 4.69) is 0 Å². The van der Waals surface area contributed by atoms with Gasteiger partial charge in [0.15, 0.2) is 0 Å². The third-order valence-electron chi connectivity index (χ3n) is 2.23. The van der Waals surface area contributed by atoms with Crippen molar-refractivity contribution < 1.29 is 4.74 Å². The molecular formula is C8H18N2O. The second-order valence-electron chi connectivity index (χ2n) is 3.39. The highest BCUT2D eigenvalue weighted by Gasteiger charge is 2.20. The van der Waals surface area contributed by atoms with E-state index >= 15 is 0 Å². The van der Waals surface area contributed by atoms with Crippen molar-refractivity contribution in [1.82, 2.24) is 0 Å². The van der Waals surface area contributed by atoms with Crippen molar-refractivity contribution in [2.75, 3.05) is 6.61 Å². The number of hydrogen-bond acceptors (Lipinski definition) is 3. The zero-order valence-corrected chi connectivity index (χ0v) is 7.12. The highest BCUT2D eigenvalue weighted by molar-refractivity contribution is 4.77. The Labute approximate surface area is 68.1 Å². The summed E-state index contributed by atoms with van der Waals surface area (Å²) in [5.74, 6) is 0. The largest absolute Gasteiger partial charge is 0.378 e. The molecule has 0 aromatic rings. The van der Waals surface area contributed by atoms with Crippen LogP contribution in [0.5, 0.6) is 0 Å². The summed E-state index contributed by atoms with van der Waals surface area (Å²) in [6.45, 7) is 2.84. The SMILES string of the molecule is CC(N)C(N)CC1CCCO1. The number of ether oxygens (including phenoxy) is 1. The van der Waals surface area contributed by atoms with Gasteiger partial charge in [-0.25, -0.2) is 0 Å². The predicted octanol–water partition coefficient (Wildman–Crippen LogP) is 0.230. The lowest BCUT2D eigenvalue weighted by atomic mass is 10.0. The van der Waals surface area contributed by atoms with Crippen molar-refractivity contribution >= 4 is 0 Å². The summed E-state index contributed by atoms with van der Waals surface area (Å²) in [5, 5.41) is 0. The third-order valence-corrected chi connectivity index (χ3v) is 2.23. The van der Waals surface area contributed by atoms with Crippen LogP contribution in [-0.2, 0) is 4.74 Å². The molecule has 1 heterocycles. The van der Waals surface area contributed by atoms with Crippen LogP contribution in [0.4, 0.5) is 0 Å². The molecule has 1 aliphatic rings. The molecule has 0 aromatic heterocycles. The zero-order valence-electron chi connectivity index (χ0n) is 7.12. The van der Waals surface area contributed by atoms with Crippen LogP contribution in [-0.4, -0.2) is 24.8 Å². The monoisotopic (exact) mass is 158 g/mol. The van der Waals surface area contributed by atoms with Gasteiger partial charge < -0.3 is 16.2 Å². The van der Waals surface area contributed by atoms with Gasteiger partial charge in [0.05, 0.1) is 6.10 Å². The van der Waals surface area contributed by atoms with Gasteiger partial charge in [0, 0.05) is 18.7 Å². The summed E-state index contributed by atoms with van der Waals surface area (Å²) < 4.78 is 5.44. The lowest BCUT2D eigenvalue weighted by Crippen LogP contribution is -2.41. The molecule has 1 fully saturated rings. The van der Waals surface area contributed by atoms with E-state index in [0.717, 1.165) is 19.4 Å². The summed E-state index contributed by atoms with van der Waals surface area (Å²) in [4.78, 5) is 0. The van der Waals surface area contributed by atoms with Crippen LogP contribution in [0.3, 0.4) is 0 Å². The smallest absolute Gasteiger partial charge is 0.0591 e. The number of nitrogens with two attached hydrogens (primary N) is 2. The topological polar surface area (TPSA) is 61.3 Å². The molecule has 1 rings (SSSR count). The highest BCUT2D eigenvalue weighted by Crippen LogP contribution is 2.16. The normalized spacial score (nSPS) is 30.3. The standard InChI is InChI=1S/C8H18N2O/c1-6(9)8(10)5-7-3-2-4-11-7/h6-8H,2-5,9-10H2,1H3. The molecule has 3 nitrogen and oxygen atoms in total. The maximum Gasteiger partial charge on any atom is 0.0591 e. The summed E-state index contributed by atoms with van der Waals surface area (Å²) in [6.07, 6.45) is 3.62. The molecular weight excluding hydrogens is 140 g/mol. The molecule has 66 valence electrons. The van der Waals surface area contributed by atoms with E-state index in [1.54, 1.807) is 0 Å². The quantitative estimate of drug-likeness (QED) is 0.618.